The third-order valence-electron chi connectivity index (χ3n) is 3.79. The van der Waals surface area contributed by atoms with Crippen LogP contribution in [0.15, 0.2) is 28.8 Å². The first kappa shape index (κ1) is 15.3. The molecule has 0 saturated carbocycles. The van der Waals surface area contributed by atoms with Crippen LogP contribution in [-0.4, -0.2) is 23.0 Å². The molecule has 1 aliphatic carbocycles. The zero-order valence-corrected chi connectivity index (χ0v) is 13.1. The van der Waals surface area contributed by atoms with E-state index in [1.54, 1.807) is 32.0 Å². The number of benzene rings is 1. The highest BCUT2D eigenvalue weighted by molar-refractivity contribution is 5.98. The van der Waals surface area contributed by atoms with E-state index in [1.807, 2.05) is 6.07 Å². The number of aromatic nitrogens is 1. The van der Waals surface area contributed by atoms with Crippen LogP contribution in [-0.2, 0) is 11.2 Å². The number of rotatable bonds is 4. The zero-order valence-electron chi connectivity index (χ0n) is 13.1. The average Bonchev–Trinajstić information content (AvgIpc) is 2.92. The lowest BCUT2D eigenvalue weighted by molar-refractivity contribution is -0.122. The van der Waals surface area contributed by atoms with Crippen LogP contribution in [0, 0.1) is 6.92 Å². The Kier molecular flexibility index (Phi) is 4.14. The molecule has 1 aromatic heterocycles. The SMILES string of the molecule is Cc1cc(NC(=O)C(C)Oc2ccc3c(c2)CCCC3=O)no1. The molecule has 1 atom stereocenters. The summed E-state index contributed by atoms with van der Waals surface area (Å²) in [4.78, 5) is 23.9. The van der Waals surface area contributed by atoms with Gasteiger partial charge in [-0.3, -0.25) is 9.59 Å². The molecule has 23 heavy (non-hydrogen) atoms. The third-order valence-corrected chi connectivity index (χ3v) is 3.79. The number of nitrogens with one attached hydrogen (secondary N) is 1. The molecular weight excluding hydrogens is 296 g/mol. The molecule has 1 aliphatic rings. The Morgan fingerprint density at radius 1 is 1.35 bits per heavy atom. The minimum atomic E-state index is -0.690. The van der Waals surface area contributed by atoms with Crippen LogP contribution in [0.4, 0.5) is 5.82 Å². The maximum Gasteiger partial charge on any atom is 0.266 e. The second-order valence-electron chi connectivity index (χ2n) is 5.67. The number of hydrogen-bond acceptors (Lipinski definition) is 5. The molecule has 0 aliphatic heterocycles. The molecule has 3 rings (SSSR count). The van der Waals surface area contributed by atoms with Crippen molar-refractivity contribution in [3.63, 3.8) is 0 Å². The number of carbonyl (C=O) groups is 2. The molecule has 2 aromatic rings. The maximum absolute atomic E-state index is 12.1. The Hall–Kier alpha value is -2.63. The van der Waals surface area contributed by atoms with Gasteiger partial charge in [0, 0.05) is 18.1 Å². The number of ether oxygens (including phenoxy) is 1. The van der Waals surface area contributed by atoms with Gasteiger partial charge in [-0.05, 0) is 50.5 Å². The van der Waals surface area contributed by atoms with Crippen LogP contribution >= 0.6 is 0 Å². The van der Waals surface area contributed by atoms with Gasteiger partial charge >= 0.3 is 0 Å². The number of ketones is 1. The Morgan fingerprint density at radius 2 is 2.17 bits per heavy atom. The molecule has 6 heteroatoms. The summed E-state index contributed by atoms with van der Waals surface area (Å²) in [5.74, 6) is 1.42. The van der Waals surface area contributed by atoms with E-state index in [2.05, 4.69) is 10.5 Å². The maximum atomic E-state index is 12.1. The Morgan fingerprint density at radius 3 is 2.91 bits per heavy atom. The van der Waals surface area contributed by atoms with E-state index >= 15 is 0 Å². The van der Waals surface area contributed by atoms with Crippen molar-refractivity contribution in [2.24, 2.45) is 0 Å². The highest BCUT2D eigenvalue weighted by atomic mass is 16.5. The number of amides is 1. The highest BCUT2D eigenvalue weighted by Gasteiger charge is 2.20. The fourth-order valence-corrected chi connectivity index (χ4v) is 2.61. The predicted octanol–water partition coefficient (Wildman–Crippen LogP) is 2.91. The Bertz CT molecular complexity index is 751. The smallest absolute Gasteiger partial charge is 0.266 e. The number of carbonyl (C=O) groups excluding carboxylic acids is 2. The van der Waals surface area contributed by atoms with Crippen molar-refractivity contribution in [1.82, 2.24) is 5.16 Å². The Labute approximate surface area is 133 Å². The third kappa shape index (κ3) is 3.41. The monoisotopic (exact) mass is 314 g/mol. The lowest BCUT2D eigenvalue weighted by Gasteiger charge is -2.18. The van der Waals surface area contributed by atoms with Crippen molar-refractivity contribution in [2.45, 2.75) is 39.2 Å². The van der Waals surface area contributed by atoms with E-state index in [0.717, 1.165) is 24.0 Å². The average molecular weight is 314 g/mol. The van der Waals surface area contributed by atoms with E-state index < -0.39 is 6.10 Å². The van der Waals surface area contributed by atoms with E-state index in [9.17, 15) is 9.59 Å². The van der Waals surface area contributed by atoms with Gasteiger partial charge in [-0.1, -0.05) is 5.16 Å². The highest BCUT2D eigenvalue weighted by Crippen LogP contribution is 2.26. The minimum Gasteiger partial charge on any atom is -0.481 e. The van der Waals surface area contributed by atoms with E-state index in [-0.39, 0.29) is 11.7 Å². The van der Waals surface area contributed by atoms with Crippen molar-refractivity contribution >= 4 is 17.5 Å². The summed E-state index contributed by atoms with van der Waals surface area (Å²) in [6, 6.07) is 6.98. The van der Waals surface area contributed by atoms with Gasteiger partial charge in [0.2, 0.25) is 0 Å². The van der Waals surface area contributed by atoms with Gasteiger partial charge in [-0.25, -0.2) is 0 Å². The number of nitrogens with zero attached hydrogens (tertiary/aromatic N) is 1. The molecule has 1 unspecified atom stereocenters. The summed E-state index contributed by atoms with van der Waals surface area (Å²) in [6.07, 6.45) is 1.63. The summed E-state index contributed by atoms with van der Waals surface area (Å²) in [5.41, 5.74) is 1.75. The normalized spacial score (nSPS) is 15.0. The van der Waals surface area contributed by atoms with E-state index in [0.29, 0.717) is 23.7 Å². The molecule has 1 amide bonds. The predicted molar refractivity (Wildman–Crippen MR) is 83.7 cm³/mol. The molecule has 120 valence electrons. The topological polar surface area (TPSA) is 81.4 Å². The fraction of sp³-hybridized carbons (Fsp3) is 0.353. The first-order valence-electron chi connectivity index (χ1n) is 7.60. The van der Waals surface area contributed by atoms with Crippen molar-refractivity contribution in [1.29, 1.82) is 0 Å². The van der Waals surface area contributed by atoms with Gasteiger partial charge in [0.25, 0.3) is 5.91 Å². The van der Waals surface area contributed by atoms with Crippen molar-refractivity contribution in [2.75, 3.05) is 5.32 Å². The molecule has 0 fully saturated rings. The minimum absolute atomic E-state index is 0.171. The van der Waals surface area contributed by atoms with Crippen LogP contribution in [0.3, 0.4) is 0 Å². The largest absolute Gasteiger partial charge is 0.481 e. The number of hydrogen-bond donors (Lipinski definition) is 1. The summed E-state index contributed by atoms with van der Waals surface area (Å²) < 4.78 is 10.6. The van der Waals surface area contributed by atoms with Crippen LogP contribution in [0.1, 0.15) is 41.4 Å². The van der Waals surface area contributed by atoms with Gasteiger partial charge < -0.3 is 14.6 Å². The second-order valence-corrected chi connectivity index (χ2v) is 5.67. The standard InChI is InChI=1S/C17H18N2O4/c1-10-8-16(19-23-10)18-17(21)11(2)22-13-6-7-14-12(9-13)4-3-5-15(14)20/h6-9,11H,3-5H2,1-2H3,(H,18,19,21). The quantitative estimate of drug-likeness (QED) is 0.938. The first-order valence-corrected chi connectivity index (χ1v) is 7.60. The number of anilines is 1. The van der Waals surface area contributed by atoms with Crippen LogP contribution in [0.5, 0.6) is 5.75 Å². The molecule has 0 saturated heterocycles. The number of Topliss-reactive ketones (excluding diaryl/α,β-unsaturated/α-hetero) is 1. The second kappa shape index (κ2) is 6.24. The van der Waals surface area contributed by atoms with Gasteiger partial charge in [0.15, 0.2) is 17.7 Å². The molecule has 6 nitrogen and oxygen atoms in total. The zero-order chi connectivity index (χ0) is 16.4. The van der Waals surface area contributed by atoms with Gasteiger partial charge in [0.05, 0.1) is 0 Å². The van der Waals surface area contributed by atoms with E-state index in [1.165, 1.54) is 0 Å². The molecule has 1 aromatic carbocycles. The number of fused-ring (bicyclic) bond motifs is 1. The van der Waals surface area contributed by atoms with Crippen molar-refractivity contribution in [3.05, 3.63) is 41.2 Å². The number of aryl methyl sites for hydroxylation is 2. The summed E-state index contributed by atoms with van der Waals surface area (Å²) in [6.45, 7) is 3.41. The van der Waals surface area contributed by atoms with Crippen molar-refractivity contribution in [3.8, 4) is 5.75 Å². The van der Waals surface area contributed by atoms with Crippen LogP contribution in [0.25, 0.3) is 0 Å². The first-order chi connectivity index (χ1) is 11.0. The Balaban J connectivity index is 1.66. The van der Waals surface area contributed by atoms with Crippen LogP contribution in [0.2, 0.25) is 0 Å². The molecule has 0 bridgehead atoms. The van der Waals surface area contributed by atoms with Crippen molar-refractivity contribution < 1.29 is 18.8 Å². The molecule has 0 spiro atoms. The van der Waals surface area contributed by atoms with Gasteiger partial charge in [0.1, 0.15) is 11.5 Å². The van der Waals surface area contributed by atoms with Gasteiger partial charge in [-0.2, -0.15) is 0 Å². The summed E-state index contributed by atoms with van der Waals surface area (Å²) >= 11 is 0. The van der Waals surface area contributed by atoms with Gasteiger partial charge in [-0.15, -0.1) is 0 Å². The summed E-state index contributed by atoms with van der Waals surface area (Å²) in [5, 5.41) is 6.34. The van der Waals surface area contributed by atoms with Crippen LogP contribution < -0.4 is 10.1 Å². The molecule has 1 N–H and O–H groups in total. The fourth-order valence-electron chi connectivity index (χ4n) is 2.61. The molecular formula is C17H18N2O4. The summed E-state index contributed by atoms with van der Waals surface area (Å²) in [7, 11) is 0. The lowest BCUT2D eigenvalue weighted by Crippen LogP contribution is -2.30. The molecule has 1 heterocycles. The molecule has 0 radical (unpaired) electrons. The lowest BCUT2D eigenvalue weighted by atomic mass is 9.90. The van der Waals surface area contributed by atoms with E-state index in [4.69, 9.17) is 9.26 Å².